The van der Waals surface area contributed by atoms with E-state index in [1.807, 2.05) is 30.3 Å². The third-order valence-electron chi connectivity index (χ3n) is 10.0. The van der Waals surface area contributed by atoms with Crippen molar-refractivity contribution in [1.29, 1.82) is 0 Å². The Balaban J connectivity index is 1.42. The van der Waals surface area contributed by atoms with Crippen molar-refractivity contribution in [1.82, 2.24) is 0 Å². The van der Waals surface area contributed by atoms with Crippen LogP contribution in [0.3, 0.4) is 0 Å². The first-order valence-electron chi connectivity index (χ1n) is 15.7. The van der Waals surface area contributed by atoms with Gasteiger partial charge in [-0.2, -0.15) is 0 Å². The highest BCUT2D eigenvalue weighted by Crippen LogP contribution is 2.58. The van der Waals surface area contributed by atoms with Crippen molar-refractivity contribution >= 4 is 24.5 Å². The van der Waals surface area contributed by atoms with Crippen molar-refractivity contribution in [3.8, 4) is 5.75 Å². The van der Waals surface area contributed by atoms with E-state index in [4.69, 9.17) is 13.9 Å². The molecule has 1 unspecified atom stereocenters. The van der Waals surface area contributed by atoms with Gasteiger partial charge in [0.2, 0.25) is 0 Å². The number of rotatable bonds is 11. The molecule has 5 rings (SSSR count). The molecule has 0 aliphatic heterocycles. The molecule has 3 aromatic carbocycles. The summed E-state index contributed by atoms with van der Waals surface area (Å²) in [5.41, 5.74) is -0.434. The van der Waals surface area contributed by atoms with Crippen LogP contribution in [-0.4, -0.2) is 40.5 Å². The maximum absolute atomic E-state index is 14.1. The summed E-state index contributed by atoms with van der Waals surface area (Å²) in [4.78, 5) is 14.1. The van der Waals surface area contributed by atoms with E-state index in [9.17, 15) is 4.79 Å². The van der Waals surface area contributed by atoms with Gasteiger partial charge in [-0.05, 0) is 65.1 Å². The average Bonchev–Trinajstić information content (AvgIpc) is 3.30. The molecule has 3 aromatic rings. The highest BCUT2D eigenvalue weighted by molar-refractivity contribution is 6.99. The van der Waals surface area contributed by atoms with Crippen LogP contribution in [0, 0.1) is 23.2 Å². The maximum atomic E-state index is 14.1. The van der Waals surface area contributed by atoms with Crippen LogP contribution in [0.15, 0.2) is 91.0 Å². The van der Waals surface area contributed by atoms with Crippen molar-refractivity contribution in [2.45, 2.75) is 70.9 Å². The smallest absolute Gasteiger partial charge is 0.261 e. The van der Waals surface area contributed by atoms with Crippen LogP contribution in [0.4, 0.5) is 0 Å². The lowest BCUT2D eigenvalue weighted by molar-refractivity contribution is -0.142. The molecule has 0 spiro atoms. The fourth-order valence-electron chi connectivity index (χ4n) is 8.21. The molecule has 0 saturated heterocycles. The number of hydrogen-bond acceptors (Lipinski definition) is 4. The van der Waals surface area contributed by atoms with E-state index in [2.05, 4.69) is 88.4 Å². The molecule has 0 amide bonds. The molecule has 2 saturated carbocycles. The molecule has 0 heterocycles. The van der Waals surface area contributed by atoms with E-state index in [1.54, 1.807) is 7.11 Å². The highest BCUT2D eigenvalue weighted by Gasteiger charge is 2.61. The fourth-order valence-corrected chi connectivity index (χ4v) is 12.8. The van der Waals surface area contributed by atoms with Crippen LogP contribution < -0.4 is 15.1 Å². The summed E-state index contributed by atoms with van der Waals surface area (Å²) in [6.07, 6.45) is 4.30. The first-order valence-corrected chi connectivity index (χ1v) is 17.6. The number of benzene rings is 3. The van der Waals surface area contributed by atoms with E-state index in [-0.39, 0.29) is 17.1 Å². The second-order valence-corrected chi connectivity index (χ2v) is 17.9. The van der Waals surface area contributed by atoms with Crippen LogP contribution in [0.1, 0.15) is 59.8 Å². The van der Waals surface area contributed by atoms with E-state index < -0.39 is 13.7 Å². The fraction of sp³-hybridized carbons (Fsp3) is 0.486. The summed E-state index contributed by atoms with van der Waals surface area (Å²) in [5, 5.41) is 2.50. The van der Waals surface area contributed by atoms with Gasteiger partial charge in [0.05, 0.1) is 12.7 Å². The Morgan fingerprint density at radius 1 is 0.857 bits per heavy atom. The molecule has 4 nitrogen and oxygen atoms in total. The molecular weight excluding hydrogens is 536 g/mol. The van der Waals surface area contributed by atoms with Crippen LogP contribution in [-0.2, 0) is 14.0 Å². The minimum Gasteiger partial charge on any atom is -0.493 e. The van der Waals surface area contributed by atoms with Gasteiger partial charge in [-0.3, -0.25) is 4.79 Å². The summed E-state index contributed by atoms with van der Waals surface area (Å²) in [5.74, 6) is 2.00. The predicted octanol–water partition coefficient (Wildman–Crippen LogP) is 7.06. The number of carbonyl (C=O) groups is 1. The topological polar surface area (TPSA) is 44.8 Å². The minimum absolute atomic E-state index is 0.0190. The average molecular weight is 585 g/mol. The van der Waals surface area contributed by atoms with Crippen LogP contribution in [0.2, 0.25) is 5.04 Å². The molecule has 5 atom stereocenters. The maximum Gasteiger partial charge on any atom is 0.261 e. The number of ether oxygens (including phenoxy) is 2. The van der Waals surface area contributed by atoms with Gasteiger partial charge in [0.15, 0.2) is 0 Å². The zero-order chi connectivity index (χ0) is 29.8. The summed E-state index contributed by atoms with van der Waals surface area (Å²) < 4.78 is 19.7. The molecule has 5 heteroatoms. The molecule has 0 bridgehead atoms. The first kappa shape index (κ1) is 30.7. The Labute approximate surface area is 253 Å². The second-order valence-electron chi connectivity index (χ2n) is 13.6. The van der Waals surface area contributed by atoms with Crippen molar-refractivity contribution in [2.24, 2.45) is 23.2 Å². The van der Waals surface area contributed by atoms with Gasteiger partial charge in [-0.25, -0.2) is 0 Å². The number of fused-ring (bicyclic) bond motifs is 1. The lowest BCUT2D eigenvalue weighted by atomic mass is 9.59. The van der Waals surface area contributed by atoms with E-state index in [1.165, 1.54) is 10.4 Å². The molecule has 224 valence electrons. The number of para-hydroxylation sites is 1. The van der Waals surface area contributed by atoms with Crippen LogP contribution in [0.5, 0.6) is 5.75 Å². The Morgan fingerprint density at radius 3 is 1.98 bits per heavy atom. The van der Waals surface area contributed by atoms with Gasteiger partial charge in [-0.1, -0.05) is 107 Å². The van der Waals surface area contributed by atoms with Gasteiger partial charge >= 0.3 is 0 Å². The SMILES string of the molecule is CO[C@@H]1C[C@@H]2CC(C)CC(=O)[C@]2(CCCO[Si](c2ccccc2)(c2ccccc2)C(C)(C)C)[C@H]1COc1ccccc1. The number of carbonyl (C=O) groups excluding carboxylic acids is 1. The number of hydrogen-bond donors (Lipinski definition) is 0. The van der Waals surface area contributed by atoms with Crippen molar-refractivity contribution in [3.05, 3.63) is 91.0 Å². The van der Waals surface area contributed by atoms with Crippen molar-refractivity contribution < 1.29 is 18.7 Å². The predicted molar refractivity (Wildman–Crippen MR) is 173 cm³/mol. The number of ketones is 1. The minimum atomic E-state index is -2.63. The Hall–Kier alpha value is -2.73. The van der Waals surface area contributed by atoms with Gasteiger partial charge in [-0.15, -0.1) is 0 Å². The molecule has 0 N–H and O–H groups in total. The Bertz CT molecular complexity index is 1250. The molecular formula is C37H48O4Si. The lowest BCUT2D eigenvalue weighted by Gasteiger charge is -2.45. The summed E-state index contributed by atoms with van der Waals surface area (Å²) in [7, 11) is -0.834. The Kier molecular flexibility index (Phi) is 9.41. The van der Waals surface area contributed by atoms with E-state index in [0.29, 0.717) is 37.3 Å². The van der Waals surface area contributed by atoms with E-state index >= 15 is 0 Å². The zero-order valence-corrected chi connectivity index (χ0v) is 27.1. The largest absolute Gasteiger partial charge is 0.493 e. The van der Waals surface area contributed by atoms with E-state index in [0.717, 1.165) is 31.4 Å². The third-order valence-corrected chi connectivity index (χ3v) is 15.1. The third kappa shape index (κ3) is 5.76. The Morgan fingerprint density at radius 2 is 1.43 bits per heavy atom. The molecule has 0 aromatic heterocycles. The number of Topliss-reactive ketones (excluding diaryl/α,β-unsaturated/α-hetero) is 1. The molecule has 2 aliphatic carbocycles. The normalized spacial score (nSPS) is 26.2. The highest BCUT2D eigenvalue weighted by atomic mass is 28.4. The van der Waals surface area contributed by atoms with Crippen LogP contribution in [0.25, 0.3) is 0 Å². The van der Waals surface area contributed by atoms with Crippen molar-refractivity contribution in [2.75, 3.05) is 20.3 Å². The second kappa shape index (κ2) is 12.9. The summed E-state index contributed by atoms with van der Waals surface area (Å²) >= 11 is 0. The molecule has 2 fully saturated rings. The molecule has 42 heavy (non-hydrogen) atoms. The summed E-state index contributed by atoms with van der Waals surface area (Å²) in [6.45, 7) is 10.3. The quantitative estimate of drug-likeness (QED) is 0.179. The first-order chi connectivity index (χ1) is 20.2. The van der Waals surface area contributed by atoms with Gasteiger partial charge < -0.3 is 13.9 Å². The standard InChI is InChI=1S/C37H48O4Si/c1-28-24-29-26-34(39-5)33(27-40-30-16-9-6-10-17-30)37(29,35(38)25-28)22-15-23-41-42(36(2,3)4,31-18-11-7-12-19-31)32-20-13-8-14-21-32/h6-14,16-21,28-29,33-34H,15,22-27H2,1-5H3/t28?,29-,33-,34+,37-/m0/s1. The monoisotopic (exact) mass is 584 g/mol. The zero-order valence-electron chi connectivity index (χ0n) is 26.1. The lowest BCUT2D eigenvalue weighted by Crippen LogP contribution is -2.66. The molecule has 2 aliphatic rings. The number of methoxy groups -OCH3 is 1. The van der Waals surface area contributed by atoms with Crippen LogP contribution >= 0.6 is 0 Å². The van der Waals surface area contributed by atoms with Gasteiger partial charge in [0.25, 0.3) is 8.32 Å². The van der Waals surface area contributed by atoms with Crippen molar-refractivity contribution in [3.63, 3.8) is 0 Å². The molecule has 0 radical (unpaired) electrons. The van der Waals surface area contributed by atoms with Gasteiger partial charge in [0.1, 0.15) is 11.5 Å². The summed E-state index contributed by atoms with van der Waals surface area (Å²) in [6, 6.07) is 31.6. The van der Waals surface area contributed by atoms with Gasteiger partial charge in [0, 0.05) is 31.5 Å².